The molecule has 1 N–H and O–H groups in total. The Morgan fingerprint density at radius 1 is 1.69 bits per heavy atom. The highest BCUT2D eigenvalue weighted by atomic mass is 35.5. The number of halogens is 1. The number of aromatic nitrogens is 2. The fraction of sp³-hybridized carbons (Fsp3) is 0.500. The Balaban J connectivity index is 0.000000845. The molecule has 0 aromatic carbocycles. The number of hydrogen-bond donors (Lipinski definition) is 1. The summed E-state index contributed by atoms with van der Waals surface area (Å²) in [7, 11) is 0. The zero-order chi connectivity index (χ0) is 8.55. The Hall–Kier alpha value is -1.14. The summed E-state index contributed by atoms with van der Waals surface area (Å²) >= 11 is 0. The first kappa shape index (κ1) is 9.94. The Morgan fingerprint density at radius 3 is 2.77 bits per heavy atom. The minimum absolute atomic E-state index is 0. The molecule has 0 amide bonds. The smallest absolute Gasteiger partial charge is 0.307 e. The van der Waals surface area contributed by atoms with Crippen LogP contribution in [0.1, 0.15) is 6.04 Å². The minimum atomic E-state index is -0.435. The third-order valence-electron chi connectivity index (χ3n) is 1.93. The predicted octanol–water partition coefficient (Wildman–Crippen LogP) is 0.357. The Labute approximate surface area is 80.5 Å². The molecule has 2 heterocycles. The third kappa shape index (κ3) is 1.78. The summed E-state index contributed by atoms with van der Waals surface area (Å²) in [6, 6.07) is 0.290. The van der Waals surface area contributed by atoms with E-state index in [0.29, 0.717) is 6.04 Å². The summed E-state index contributed by atoms with van der Waals surface area (Å²) in [4.78, 5) is 9.84. The zero-order valence-corrected chi connectivity index (χ0v) is 7.53. The number of nitro groups is 1. The van der Waals surface area contributed by atoms with Crippen molar-refractivity contribution in [3.8, 4) is 0 Å². The van der Waals surface area contributed by atoms with E-state index in [1.807, 2.05) is 0 Å². The van der Waals surface area contributed by atoms with E-state index < -0.39 is 4.92 Å². The molecule has 0 aliphatic carbocycles. The highest BCUT2D eigenvalue weighted by Gasteiger charge is 2.21. The van der Waals surface area contributed by atoms with Gasteiger partial charge in [-0.25, -0.2) is 0 Å². The van der Waals surface area contributed by atoms with E-state index in [1.165, 1.54) is 12.4 Å². The van der Waals surface area contributed by atoms with Crippen molar-refractivity contribution >= 4 is 18.1 Å². The van der Waals surface area contributed by atoms with Crippen LogP contribution in [-0.2, 0) is 0 Å². The molecule has 0 unspecified atom stereocenters. The molecule has 7 heteroatoms. The lowest BCUT2D eigenvalue weighted by atomic mass is 10.2. The van der Waals surface area contributed by atoms with Crippen molar-refractivity contribution in [2.24, 2.45) is 0 Å². The van der Waals surface area contributed by atoms with Crippen molar-refractivity contribution in [2.75, 3.05) is 13.1 Å². The molecular formula is C6H9ClN4O2. The van der Waals surface area contributed by atoms with Gasteiger partial charge in [0, 0.05) is 13.1 Å². The molecule has 6 nitrogen and oxygen atoms in total. The summed E-state index contributed by atoms with van der Waals surface area (Å²) in [6.07, 6.45) is 2.74. The summed E-state index contributed by atoms with van der Waals surface area (Å²) in [5, 5.41) is 17.2. The summed E-state index contributed by atoms with van der Waals surface area (Å²) in [5.74, 6) is 0. The van der Waals surface area contributed by atoms with Crippen LogP contribution in [0.2, 0.25) is 0 Å². The van der Waals surface area contributed by atoms with Gasteiger partial charge >= 0.3 is 5.69 Å². The summed E-state index contributed by atoms with van der Waals surface area (Å²) in [6.45, 7) is 1.69. The second-order valence-electron chi connectivity index (χ2n) is 2.75. The van der Waals surface area contributed by atoms with Crippen LogP contribution in [-0.4, -0.2) is 27.8 Å². The van der Waals surface area contributed by atoms with E-state index in [4.69, 9.17) is 0 Å². The standard InChI is InChI=1S/C6H8N4O2.ClH/c11-10(12)6-3-8-9(4-6)5-1-7-2-5;/h3-5,7H,1-2H2;1H. The minimum Gasteiger partial charge on any atom is -0.312 e. The van der Waals surface area contributed by atoms with Crippen molar-refractivity contribution in [3.63, 3.8) is 0 Å². The largest absolute Gasteiger partial charge is 0.312 e. The maximum Gasteiger partial charge on any atom is 0.307 e. The second-order valence-corrected chi connectivity index (χ2v) is 2.75. The number of hydrogen-bond acceptors (Lipinski definition) is 4. The van der Waals surface area contributed by atoms with Gasteiger partial charge in [0.2, 0.25) is 0 Å². The van der Waals surface area contributed by atoms with Crippen LogP contribution in [0.5, 0.6) is 0 Å². The van der Waals surface area contributed by atoms with Crippen LogP contribution < -0.4 is 5.32 Å². The van der Waals surface area contributed by atoms with Crippen molar-refractivity contribution in [2.45, 2.75) is 6.04 Å². The van der Waals surface area contributed by atoms with Crippen LogP contribution >= 0.6 is 12.4 Å². The molecule has 1 aliphatic heterocycles. The molecule has 1 aromatic heterocycles. The van der Waals surface area contributed by atoms with Gasteiger partial charge in [0.15, 0.2) is 0 Å². The first-order chi connectivity index (χ1) is 5.77. The maximum atomic E-state index is 10.3. The van der Waals surface area contributed by atoms with Gasteiger partial charge in [-0.15, -0.1) is 12.4 Å². The monoisotopic (exact) mass is 204 g/mol. The molecule has 1 saturated heterocycles. The van der Waals surface area contributed by atoms with E-state index in [-0.39, 0.29) is 18.1 Å². The Kier molecular flexibility index (Phi) is 2.84. The molecule has 2 rings (SSSR count). The number of nitrogens with zero attached hydrogens (tertiary/aromatic N) is 3. The molecule has 0 saturated carbocycles. The van der Waals surface area contributed by atoms with E-state index >= 15 is 0 Å². The van der Waals surface area contributed by atoms with Gasteiger partial charge in [0.25, 0.3) is 0 Å². The number of nitrogens with one attached hydrogen (secondary N) is 1. The van der Waals surface area contributed by atoms with Crippen molar-refractivity contribution in [1.29, 1.82) is 0 Å². The topological polar surface area (TPSA) is 73.0 Å². The average molecular weight is 205 g/mol. The first-order valence-corrected chi connectivity index (χ1v) is 3.66. The van der Waals surface area contributed by atoms with E-state index in [9.17, 15) is 10.1 Å². The normalized spacial score (nSPS) is 16.0. The van der Waals surface area contributed by atoms with Crippen LogP contribution in [0.15, 0.2) is 12.4 Å². The SMILES string of the molecule is Cl.O=[N+]([O-])c1cnn(C2CNC2)c1. The third-order valence-corrected chi connectivity index (χ3v) is 1.93. The van der Waals surface area contributed by atoms with Gasteiger partial charge in [-0.2, -0.15) is 5.10 Å². The lowest BCUT2D eigenvalue weighted by Crippen LogP contribution is -2.43. The summed E-state index contributed by atoms with van der Waals surface area (Å²) < 4.78 is 1.63. The molecule has 72 valence electrons. The quantitative estimate of drug-likeness (QED) is 0.558. The van der Waals surface area contributed by atoms with Gasteiger partial charge in [0.05, 0.1) is 11.0 Å². The second kappa shape index (κ2) is 3.71. The molecule has 1 aliphatic rings. The highest BCUT2D eigenvalue weighted by Crippen LogP contribution is 2.15. The lowest BCUT2D eigenvalue weighted by Gasteiger charge is -2.26. The Morgan fingerprint density at radius 2 is 2.38 bits per heavy atom. The van der Waals surface area contributed by atoms with Crippen LogP contribution in [0.3, 0.4) is 0 Å². The van der Waals surface area contributed by atoms with Crippen LogP contribution in [0.25, 0.3) is 0 Å². The van der Waals surface area contributed by atoms with Gasteiger partial charge in [-0.3, -0.25) is 14.8 Å². The van der Waals surface area contributed by atoms with E-state index in [0.717, 1.165) is 13.1 Å². The average Bonchev–Trinajstić information content (AvgIpc) is 2.32. The molecule has 0 spiro atoms. The van der Waals surface area contributed by atoms with Gasteiger partial charge in [-0.1, -0.05) is 0 Å². The Bertz CT molecular complexity index is 309. The van der Waals surface area contributed by atoms with Crippen molar-refractivity contribution < 1.29 is 4.92 Å². The zero-order valence-electron chi connectivity index (χ0n) is 6.71. The molecule has 13 heavy (non-hydrogen) atoms. The van der Waals surface area contributed by atoms with Gasteiger partial charge in [-0.05, 0) is 0 Å². The highest BCUT2D eigenvalue weighted by molar-refractivity contribution is 5.85. The molecular weight excluding hydrogens is 196 g/mol. The van der Waals surface area contributed by atoms with Gasteiger partial charge < -0.3 is 5.32 Å². The van der Waals surface area contributed by atoms with E-state index in [2.05, 4.69) is 10.4 Å². The van der Waals surface area contributed by atoms with Crippen LogP contribution in [0.4, 0.5) is 5.69 Å². The number of rotatable bonds is 2. The lowest BCUT2D eigenvalue weighted by molar-refractivity contribution is -0.385. The molecule has 0 radical (unpaired) electrons. The van der Waals surface area contributed by atoms with Crippen molar-refractivity contribution in [3.05, 3.63) is 22.5 Å². The first-order valence-electron chi connectivity index (χ1n) is 3.66. The molecule has 0 bridgehead atoms. The van der Waals surface area contributed by atoms with Crippen molar-refractivity contribution in [1.82, 2.24) is 15.1 Å². The van der Waals surface area contributed by atoms with E-state index in [1.54, 1.807) is 4.68 Å². The maximum absolute atomic E-state index is 10.3. The molecule has 0 atom stereocenters. The molecule has 1 aromatic rings. The van der Waals surface area contributed by atoms with Gasteiger partial charge in [0.1, 0.15) is 12.4 Å². The molecule has 1 fully saturated rings. The predicted molar refractivity (Wildman–Crippen MR) is 48.0 cm³/mol. The summed E-state index contributed by atoms with van der Waals surface area (Å²) in [5.41, 5.74) is 0.0573. The fourth-order valence-corrected chi connectivity index (χ4v) is 1.08. The van der Waals surface area contributed by atoms with Crippen LogP contribution in [0, 0.1) is 10.1 Å². The fourth-order valence-electron chi connectivity index (χ4n) is 1.08.